The zero-order valence-electron chi connectivity index (χ0n) is 17.1. The Bertz CT molecular complexity index is 558. The maximum absolute atomic E-state index is 10.3. The van der Waals surface area contributed by atoms with Crippen LogP contribution >= 0.6 is 0 Å². The molecule has 0 aromatic heterocycles. The third kappa shape index (κ3) is 5.60. The first kappa shape index (κ1) is 21.0. The molecular formula is C21H36N2O3. The summed E-state index contributed by atoms with van der Waals surface area (Å²) >= 11 is 0. The number of rotatable bonds is 10. The summed E-state index contributed by atoms with van der Waals surface area (Å²) in [5, 5.41) is 10.3. The van der Waals surface area contributed by atoms with E-state index in [1.165, 1.54) is 18.4 Å². The highest BCUT2D eigenvalue weighted by molar-refractivity contribution is 5.43. The lowest BCUT2D eigenvalue weighted by Gasteiger charge is -2.31. The van der Waals surface area contributed by atoms with Crippen LogP contribution in [-0.4, -0.2) is 66.4 Å². The van der Waals surface area contributed by atoms with Crippen molar-refractivity contribution in [3.05, 3.63) is 23.8 Å². The van der Waals surface area contributed by atoms with Crippen LogP contribution in [-0.2, 0) is 6.54 Å². The van der Waals surface area contributed by atoms with Gasteiger partial charge in [-0.3, -0.25) is 4.90 Å². The Hall–Kier alpha value is -1.30. The minimum Gasteiger partial charge on any atom is -0.493 e. The number of hydrogen-bond donors (Lipinski definition) is 1. The minimum absolute atomic E-state index is 0.251. The van der Waals surface area contributed by atoms with E-state index in [-0.39, 0.29) is 12.1 Å². The van der Waals surface area contributed by atoms with Crippen LogP contribution in [0.3, 0.4) is 0 Å². The molecule has 1 aliphatic rings. The standard InChI is InChI=1S/C21H36N2O3/c1-6-22(7-2)15-18(24)16-26-20-13-17(9-10-19(20)25-5)14-23-12-8-11-21(23,3)4/h9-10,13,18,24H,6-8,11-12,14-16H2,1-5H3/t18-/m1/s1. The van der Waals surface area contributed by atoms with Gasteiger partial charge in [-0.1, -0.05) is 19.9 Å². The topological polar surface area (TPSA) is 45.2 Å². The normalized spacial score (nSPS) is 18.3. The summed E-state index contributed by atoms with van der Waals surface area (Å²) in [5.74, 6) is 1.42. The number of benzene rings is 1. The van der Waals surface area contributed by atoms with Gasteiger partial charge in [-0.25, -0.2) is 0 Å². The van der Waals surface area contributed by atoms with E-state index in [4.69, 9.17) is 9.47 Å². The molecule has 2 rings (SSSR count). The number of nitrogens with zero attached hydrogens (tertiary/aromatic N) is 2. The number of likely N-dealkylation sites (tertiary alicyclic amines) is 1. The SMILES string of the molecule is CCN(CC)C[C@@H](O)COc1cc(CN2CCCC2(C)C)ccc1OC. The number of aliphatic hydroxyl groups is 1. The smallest absolute Gasteiger partial charge is 0.161 e. The van der Waals surface area contributed by atoms with Crippen molar-refractivity contribution in [1.29, 1.82) is 0 Å². The summed E-state index contributed by atoms with van der Waals surface area (Å²) in [6, 6.07) is 6.12. The monoisotopic (exact) mass is 364 g/mol. The number of ether oxygens (including phenoxy) is 2. The van der Waals surface area contributed by atoms with E-state index >= 15 is 0 Å². The van der Waals surface area contributed by atoms with Gasteiger partial charge in [0, 0.05) is 18.6 Å². The fourth-order valence-corrected chi connectivity index (χ4v) is 3.63. The first-order valence-corrected chi connectivity index (χ1v) is 9.84. The van der Waals surface area contributed by atoms with Crippen molar-refractivity contribution in [3.63, 3.8) is 0 Å². The van der Waals surface area contributed by atoms with E-state index in [0.717, 1.165) is 26.2 Å². The van der Waals surface area contributed by atoms with Crippen LogP contribution in [0.4, 0.5) is 0 Å². The molecule has 0 amide bonds. The molecule has 1 atom stereocenters. The lowest BCUT2D eigenvalue weighted by atomic mass is 10.0. The molecule has 1 N–H and O–H groups in total. The summed E-state index contributed by atoms with van der Waals surface area (Å²) in [6.45, 7) is 13.6. The Morgan fingerprint density at radius 1 is 1.23 bits per heavy atom. The van der Waals surface area contributed by atoms with Crippen molar-refractivity contribution >= 4 is 0 Å². The van der Waals surface area contributed by atoms with Crippen molar-refractivity contribution in [3.8, 4) is 11.5 Å². The van der Waals surface area contributed by atoms with Crippen LogP contribution in [0.2, 0.25) is 0 Å². The van der Waals surface area contributed by atoms with Gasteiger partial charge >= 0.3 is 0 Å². The molecule has 148 valence electrons. The Morgan fingerprint density at radius 2 is 1.96 bits per heavy atom. The Labute approximate surface area is 158 Å². The van der Waals surface area contributed by atoms with E-state index in [9.17, 15) is 5.11 Å². The largest absolute Gasteiger partial charge is 0.493 e. The molecule has 0 saturated carbocycles. The summed E-state index contributed by atoms with van der Waals surface area (Å²) < 4.78 is 11.4. The van der Waals surface area contributed by atoms with Crippen molar-refractivity contribution in [2.45, 2.75) is 58.7 Å². The van der Waals surface area contributed by atoms with Crippen molar-refractivity contribution in [2.75, 3.05) is 39.9 Å². The first-order valence-electron chi connectivity index (χ1n) is 9.84. The average Bonchev–Trinajstić information content (AvgIpc) is 2.96. The maximum Gasteiger partial charge on any atom is 0.161 e. The maximum atomic E-state index is 10.3. The molecule has 1 fully saturated rings. The summed E-state index contributed by atoms with van der Waals surface area (Å²) in [6.07, 6.45) is 1.98. The molecule has 1 aliphatic heterocycles. The van der Waals surface area contributed by atoms with Crippen molar-refractivity contribution < 1.29 is 14.6 Å². The van der Waals surface area contributed by atoms with E-state index in [1.54, 1.807) is 7.11 Å². The van der Waals surface area contributed by atoms with E-state index in [1.807, 2.05) is 6.07 Å². The summed E-state index contributed by atoms with van der Waals surface area (Å²) in [4.78, 5) is 4.71. The van der Waals surface area contributed by atoms with Gasteiger partial charge < -0.3 is 19.5 Å². The quantitative estimate of drug-likeness (QED) is 0.691. The minimum atomic E-state index is -0.513. The molecule has 5 nitrogen and oxygen atoms in total. The van der Waals surface area contributed by atoms with Crippen LogP contribution in [0.15, 0.2) is 18.2 Å². The molecule has 0 radical (unpaired) electrons. The average molecular weight is 365 g/mol. The number of aliphatic hydroxyl groups excluding tert-OH is 1. The third-order valence-corrected chi connectivity index (χ3v) is 5.47. The number of methoxy groups -OCH3 is 1. The fraction of sp³-hybridized carbons (Fsp3) is 0.714. The zero-order chi connectivity index (χ0) is 19.2. The van der Waals surface area contributed by atoms with Crippen LogP contribution in [0.1, 0.15) is 46.1 Å². The second kappa shape index (κ2) is 9.58. The highest BCUT2D eigenvalue weighted by Crippen LogP contribution is 2.33. The van der Waals surface area contributed by atoms with Gasteiger partial charge in [0.25, 0.3) is 0 Å². The molecule has 0 spiro atoms. The van der Waals surface area contributed by atoms with Crippen LogP contribution in [0.25, 0.3) is 0 Å². The van der Waals surface area contributed by atoms with Crippen LogP contribution in [0.5, 0.6) is 11.5 Å². The molecular weight excluding hydrogens is 328 g/mol. The second-order valence-corrected chi connectivity index (χ2v) is 7.77. The van der Waals surface area contributed by atoms with Gasteiger partial charge in [0.2, 0.25) is 0 Å². The van der Waals surface area contributed by atoms with Gasteiger partial charge in [-0.15, -0.1) is 0 Å². The number of likely N-dealkylation sites (N-methyl/N-ethyl adjacent to an activating group) is 1. The molecule has 1 heterocycles. The van der Waals surface area contributed by atoms with Gasteiger partial charge in [-0.05, 0) is 64.0 Å². The third-order valence-electron chi connectivity index (χ3n) is 5.47. The van der Waals surface area contributed by atoms with E-state index in [2.05, 4.69) is 49.6 Å². The highest BCUT2D eigenvalue weighted by Gasteiger charge is 2.31. The molecule has 0 bridgehead atoms. The molecule has 0 aliphatic carbocycles. The lowest BCUT2D eigenvalue weighted by molar-refractivity contribution is 0.0705. The van der Waals surface area contributed by atoms with E-state index in [0.29, 0.717) is 18.0 Å². The lowest BCUT2D eigenvalue weighted by Crippen LogP contribution is -2.37. The van der Waals surface area contributed by atoms with Crippen molar-refractivity contribution in [2.24, 2.45) is 0 Å². The zero-order valence-corrected chi connectivity index (χ0v) is 17.1. The first-order chi connectivity index (χ1) is 12.4. The Kier molecular flexibility index (Phi) is 7.74. The van der Waals surface area contributed by atoms with Gasteiger partial charge in [0.05, 0.1) is 7.11 Å². The summed E-state index contributed by atoms with van der Waals surface area (Å²) in [5.41, 5.74) is 1.47. The van der Waals surface area contributed by atoms with E-state index < -0.39 is 6.10 Å². The second-order valence-electron chi connectivity index (χ2n) is 7.77. The summed E-state index contributed by atoms with van der Waals surface area (Å²) in [7, 11) is 1.65. The van der Waals surface area contributed by atoms with Gasteiger partial charge in [0.1, 0.15) is 12.7 Å². The molecule has 1 aromatic rings. The molecule has 1 aromatic carbocycles. The van der Waals surface area contributed by atoms with Crippen molar-refractivity contribution in [1.82, 2.24) is 9.80 Å². The Morgan fingerprint density at radius 3 is 2.54 bits per heavy atom. The highest BCUT2D eigenvalue weighted by atomic mass is 16.5. The fourth-order valence-electron chi connectivity index (χ4n) is 3.63. The van der Waals surface area contributed by atoms with Crippen LogP contribution in [0, 0.1) is 0 Å². The number of hydrogen-bond acceptors (Lipinski definition) is 5. The van der Waals surface area contributed by atoms with Gasteiger partial charge in [-0.2, -0.15) is 0 Å². The van der Waals surface area contributed by atoms with Gasteiger partial charge in [0.15, 0.2) is 11.5 Å². The predicted octanol–water partition coefficient (Wildman–Crippen LogP) is 3.15. The Balaban J connectivity index is 2.00. The molecule has 1 saturated heterocycles. The van der Waals surface area contributed by atoms with Crippen LogP contribution < -0.4 is 9.47 Å². The predicted molar refractivity (Wildman–Crippen MR) is 106 cm³/mol. The molecule has 26 heavy (non-hydrogen) atoms. The molecule has 0 unspecified atom stereocenters. The molecule has 5 heteroatoms.